The van der Waals surface area contributed by atoms with Crippen molar-refractivity contribution in [3.8, 4) is 11.1 Å². The zero-order valence-corrected chi connectivity index (χ0v) is 18.4. The first-order chi connectivity index (χ1) is 16.0. The molecule has 3 aliphatic rings. The van der Waals surface area contributed by atoms with Crippen molar-refractivity contribution < 1.29 is 24.2 Å². The highest BCUT2D eigenvalue weighted by Gasteiger charge is 2.38. The van der Waals surface area contributed by atoms with Crippen LogP contribution in [0.25, 0.3) is 11.1 Å². The number of amides is 2. The van der Waals surface area contributed by atoms with Crippen LogP contribution < -0.4 is 5.32 Å². The van der Waals surface area contributed by atoms with Gasteiger partial charge in [-0.2, -0.15) is 0 Å². The van der Waals surface area contributed by atoms with Gasteiger partial charge in [0, 0.05) is 31.5 Å². The first kappa shape index (κ1) is 21.5. The van der Waals surface area contributed by atoms with Gasteiger partial charge in [0.1, 0.15) is 6.61 Å². The van der Waals surface area contributed by atoms with E-state index < -0.39 is 18.0 Å². The molecule has 33 heavy (non-hydrogen) atoms. The Morgan fingerprint density at radius 1 is 0.970 bits per heavy atom. The van der Waals surface area contributed by atoms with Gasteiger partial charge >= 0.3 is 12.1 Å². The molecule has 1 saturated carbocycles. The molecule has 172 valence electrons. The van der Waals surface area contributed by atoms with Crippen molar-refractivity contribution in [3.05, 3.63) is 59.7 Å². The van der Waals surface area contributed by atoms with Gasteiger partial charge in [0.25, 0.3) is 0 Å². The molecule has 2 amide bonds. The molecule has 2 atom stereocenters. The Bertz CT molecular complexity index is 1030. The number of likely N-dealkylation sites (tertiary alicyclic amines) is 1. The van der Waals surface area contributed by atoms with Gasteiger partial charge in [-0.1, -0.05) is 55.0 Å². The van der Waals surface area contributed by atoms with Crippen LogP contribution in [0.5, 0.6) is 0 Å². The smallest absolute Gasteiger partial charge is 0.407 e. The average molecular weight is 449 g/mol. The lowest BCUT2D eigenvalue weighted by Crippen LogP contribution is -2.53. The van der Waals surface area contributed by atoms with Crippen molar-refractivity contribution in [2.75, 3.05) is 19.7 Å². The van der Waals surface area contributed by atoms with Crippen LogP contribution in [-0.2, 0) is 14.3 Å². The number of ether oxygens (including phenoxy) is 1. The first-order valence-electron chi connectivity index (χ1n) is 11.6. The predicted molar refractivity (Wildman–Crippen MR) is 122 cm³/mol. The SMILES string of the molecule is O=C(NC1CCCC1CC(=O)N1CC(C(=O)O)C1)OCC1c2ccccc2-c2ccccc21. The van der Waals surface area contributed by atoms with E-state index >= 15 is 0 Å². The molecule has 2 unspecified atom stereocenters. The lowest BCUT2D eigenvalue weighted by molar-refractivity contribution is -0.153. The fraction of sp³-hybridized carbons (Fsp3) is 0.423. The van der Waals surface area contributed by atoms with Gasteiger partial charge in [0.05, 0.1) is 5.92 Å². The van der Waals surface area contributed by atoms with E-state index in [4.69, 9.17) is 9.84 Å². The van der Waals surface area contributed by atoms with Gasteiger partial charge < -0.3 is 20.1 Å². The van der Waals surface area contributed by atoms with Crippen LogP contribution in [0.1, 0.15) is 42.7 Å². The molecular formula is C26H28N2O5. The highest BCUT2D eigenvalue weighted by molar-refractivity contribution is 5.81. The molecule has 7 heteroatoms. The molecule has 5 rings (SSSR count). The second-order valence-corrected chi connectivity index (χ2v) is 9.31. The van der Waals surface area contributed by atoms with Crippen molar-refractivity contribution >= 4 is 18.0 Å². The topological polar surface area (TPSA) is 95.9 Å². The molecule has 0 radical (unpaired) electrons. The fourth-order valence-electron chi connectivity index (χ4n) is 5.45. The molecular weight excluding hydrogens is 420 g/mol. The maximum atomic E-state index is 12.6. The maximum Gasteiger partial charge on any atom is 0.407 e. The minimum Gasteiger partial charge on any atom is -0.481 e. The summed E-state index contributed by atoms with van der Waals surface area (Å²) in [6.45, 7) is 0.831. The van der Waals surface area contributed by atoms with E-state index in [9.17, 15) is 14.4 Å². The number of nitrogens with one attached hydrogen (secondary N) is 1. The lowest BCUT2D eigenvalue weighted by atomic mass is 9.95. The summed E-state index contributed by atoms with van der Waals surface area (Å²) in [5, 5.41) is 12.0. The number of hydrogen-bond acceptors (Lipinski definition) is 4. The molecule has 1 aliphatic heterocycles. The molecule has 2 aliphatic carbocycles. The Balaban J connectivity index is 1.15. The summed E-state index contributed by atoms with van der Waals surface area (Å²) in [4.78, 5) is 37.7. The third-order valence-electron chi connectivity index (χ3n) is 7.33. The fourth-order valence-corrected chi connectivity index (χ4v) is 5.45. The van der Waals surface area contributed by atoms with Crippen molar-refractivity contribution in [2.24, 2.45) is 11.8 Å². The average Bonchev–Trinajstić information content (AvgIpc) is 3.33. The van der Waals surface area contributed by atoms with Crippen molar-refractivity contribution in [1.82, 2.24) is 10.2 Å². The standard InChI is InChI=1S/C26H28N2O5/c29-24(28-13-17(14-28)25(30)31)12-16-6-5-11-23(16)27-26(32)33-15-22-20-9-3-1-7-18(20)19-8-2-4-10-21(19)22/h1-4,7-10,16-17,22-23H,5-6,11-15H2,(H,27,32)(H,30,31). The van der Waals surface area contributed by atoms with E-state index in [0.29, 0.717) is 6.42 Å². The molecule has 2 aromatic rings. The number of aliphatic carboxylic acids is 1. The zero-order chi connectivity index (χ0) is 22.9. The van der Waals surface area contributed by atoms with Gasteiger partial charge in [-0.3, -0.25) is 9.59 Å². The van der Waals surface area contributed by atoms with Crippen LogP contribution in [-0.4, -0.2) is 53.7 Å². The minimum atomic E-state index is -0.852. The van der Waals surface area contributed by atoms with E-state index in [0.717, 1.165) is 19.3 Å². The summed E-state index contributed by atoms with van der Waals surface area (Å²) in [5.74, 6) is -1.26. The van der Waals surface area contributed by atoms with E-state index in [2.05, 4.69) is 29.6 Å². The van der Waals surface area contributed by atoms with Gasteiger partial charge in [0.2, 0.25) is 5.91 Å². The molecule has 0 bridgehead atoms. The number of alkyl carbamates (subject to hydrolysis) is 1. The summed E-state index contributed by atoms with van der Waals surface area (Å²) in [5.41, 5.74) is 4.72. The molecule has 1 saturated heterocycles. The molecule has 2 aromatic carbocycles. The van der Waals surface area contributed by atoms with Gasteiger partial charge in [-0.15, -0.1) is 0 Å². The quantitative estimate of drug-likeness (QED) is 0.704. The first-order valence-corrected chi connectivity index (χ1v) is 11.6. The number of rotatable bonds is 6. The number of hydrogen-bond donors (Lipinski definition) is 2. The van der Waals surface area contributed by atoms with Crippen LogP contribution >= 0.6 is 0 Å². The third kappa shape index (κ3) is 4.19. The van der Waals surface area contributed by atoms with E-state index in [1.54, 1.807) is 4.90 Å². The highest BCUT2D eigenvalue weighted by Crippen LogP contribution is 2.44. The van der Waals surface area contributed by atoms with Crippen LogP contribution in [0, 0.1) is 11.8 Å². The number of benzene rings is 2. The Labute approximate surface area is 192 Å². The normalized spacial score (nSPS) is 21.8. The minimum absolute atomic E-state index is 0.0118. The largest absolute Gasteiger partial charge is 0.481 e. The Morgan fingerprint density at radius 2 is 1.61 bits per heavy atom. The second-order valence-electron chi connectivity index (χ2n) is 9.31. The number of carboxylic acids is 1. The second kappa shape index (κ2) is 8.89. The van der Waals surface area contributed by atoms with Gasteiger partial charge in [0.15, 0.2) is 0 Å². The van der Waals surface area contributed by atoms with Crippen LogP contribution in [0.3, 0.4) is 0 Å². The number of nitrogens with zero attached hydrogens (tertiary/aromatic N) is 1. The molecule has 0 spiro atoms. The Kier molecular flexibility index (Phi) is 5.79. The Hall–Kier alpha value is -3.35. The summed E-state index contributed by atoms with van der Waals surface area (Å²) in [6, 6.07) is 16.3. The Morgan fingerprint density at radius 3 is 2.24 bits per heavy atom. The van der Waals surface area contributed by atoms with Crippen molar-refractivity contribution in [3.63, 3.8) is 0 Å². The van der Waals surface area contributed by atoms with E-state index in [1.165, 1.54) is 22.3 Å². The lowest BCUT2D eigenvalue weighted by Gasteiger charge is -2.37. The molecule has 7 nitrogen and oxygen atoms in total. The van der Waals surface area contributed by atoms with Crippen LogP contribution in [0.15, 0.2) is 48.5 Å². The maximum absolute atomic E-state index is 12.6. The third-order valence-corrected chi connectivity index (χ3v) is 7.33. The monoisotopic (exact) mass is 448 g/mol. The number of fused-ring (bicyclic) bond motifs is 3. The summed E-state index contributed by atoms with van der Waals surface area (Å²) in [6.07, 6.45) is 2.52. The zero-order valence-electron chi connectivity index (χ0n) is 18.4. The van der Waals surface area contributed by atoms with Gasteiger partial charge in [-0.25, -0.2) is 4.79 Å². The summed E-state index contributed by atoms with van der Waals surface area (Å²) < 4.78 is 5.66. The van der Waals surface area contributed by atoms with Crippen LogP contribution in [0.4, 0.5) is 4.79 Å². The van der Waals surface area contributed by atoms with Crippen molar-refractivity contribution in [1.29, 1.82) is 0 Å². The molecule has 2 N–H and O–H groups in total. The predicted octanol–water partition coefficient (Wildman–Crippen LogP) is 3.63. The number of carbonyl (C=O) groups is 3. The number of carboxylic acid groups (broad SMARTS) is 1. The van der Waals surface area contributed by atoms with E-state index in [-0.39, 0.29) is 43.5 Å². The van der Waals surface area contributed by atoms with Crippen molar-refractivity contribution in [2.45, 2.75) is 37.6 Å². The summed E-state index contributed by atoms with van der Waals surface area (Å²) >= 11 is 0. The van der Waals surface area contributed by atoms with E-state index in [1.807, 2.05) is 24.3 Å². The molecule has 1 heterocycles. The number of carbonyl (C=O) groups excluding carboxylic acids is 2. The van der Waals surface area contributed by atoms with Crippen LogP contribution in [0.2, 0.25) is 0 Å². The summed E-state index contributed by atoms with van der Waals surface area (Å²) in [7, 11) is 0. The molecule has 0 aromatic heterocycles. The molecule has 2 fully saturated rings. The highest BCUT2D eigenvalue weighted by atomic mass is 16.5. The van der Waals surface area contributed by atoms with Gasteiger partial charge in [-0.05, 0) is 41.0 Å².